The van der Waals surface area contributed by atoms with Crippen LogP contribution in [0.25, 0.3) is 0 Å². The topological polar surface area (TPSA) is 61.2 Å². The van der Waals surface area contributed by atoms with E-state index in [0.29, 0.717) is 24.5 Å². The first-order chi connectivity index (χ1) is 9.80. The van der Waals surface area contributed by atoms with E-state index in [1.807, 2.05) is 24.6 Å². The Morgan fingerprint density at radius 2 is 2.00 bits per heavy atom. The van der Waals surface area contributed by atoms with E-state index in [0.717, 1.165) is 11.1 Å². The van der Waals surface area contributed by atoms with Crippen LogP contribution in [0, 0.1) is 20.8 Å². The second kappa shape index (κ2) is 6.07. The molecule has 2 aromatic rings. The lowest BCUT2D eigenvalue weighted by Gasteiger charge is -2.16. The van der Waals surface area contributed by atoms with Gasteiger partial charge in [-0.2, -0.15) is 0 Å². The predicted molar refractivity (Wildman–Crippen MR) is 81.4 cm³/mol. The molecule has 1 aromatic heterocycles. The van der Waals surface area contributed by atoms with Crippen LogP contribution in [-0.2, 0) is 15.6 Å². The number of hydrogen-bond acceptors (Lipinski definition) is 4. The van der Waals surface area contributed by atoms with E-state index in [2.05, 4.69) is 4.98 Å². The van der Waals surface area contributed by atoms with Gasteiger partial charge in [0, 0.05) is 23.1 Å². The molecule has 0 aliphatic carbocycles. The standard InChI is InChI=1S/C14H17ClN2O3S/c1-10-8-13(21(15,18)19)11(2)12(3)14(10)20-7-6-17-5-4-16-9-17/h4-5,8-9H,6-7H2,1-3H3. The maximum Gasteiger partial charge on any atom is 0.261 e. The molecule has 0 aliphatic rings. The summed E-state index contributed by atoms with van der Waals surface area (Å²) < 4.78 is 30.8. The monoisotopic (exact) mass is 328 g/mol. The van der Waals surface area contributed by atoms with Crippen molar-refractivity contribution in [3.63, 3.8) is 0 Å². The van der Waals surface area contributed by atoms with Crippen LogP contribution >= 0.6 is 10.7 Å². The first-order valence-electron chi connectivity index (χ1n) is 6.44. The molecule has 0 N–H and O–H groups in total. The van der Waals surface area contributed by atoms with Gasteiger partial charge < -0.3 is 9.30 Å². The van der Waals surface area contributed by atoms with E-state index in [1.165, 1.54) is 0 Å². The zero-order valence-corrected chi connectivity index (χ0v) is 13.7. The summed E-state index contributed by atoms with van der Waals surface area (Å²) in [6.45, 7) is 6.52. The molecule has 0 atom stereocenters. The second-order valence-electron chi connectivity index (χ2n) is 4.86. The maximum absolute atomic E-state index is 11.6. The first kappa shape index (κ1) is 15.9. The van der Waals surface area contributed by atoms with Gasteiger partial charge in [0.05, 0.1) is 17.8 Å². The fourth-order valence-corrected chi connectivity index (χ4v) is 3.49. The quantitative estimate of drug-likeness (QED) is 0.792. The van der Waals surface area contributed by atoms with Crippen LogP contribution in [0.2, 0.25) is 0 Å². The van der Waals surface area contributed by atoms with E-state index < -0.39 is 9.05 Å². The maximum atomic E-state index is 11.6. The molecule has 0 fully saturated rings. The largest absolute Gasteiger partial charge is 0.491 e. The number of imidazole rings is 1. The Morgan fingerprint density at radius 3 is 2.57 bits per heavy atom. The third kappa shape index (κ3) is 3.57. The van der Waals surface area contributed by atoms with Crippen LogP contribution in [0.1, 0.15) is 16.7 Å². The number of ether oxygens (including phenoxy) is 1. The normalized spacial score (nSPS) is 11.6. The van der Waals surface area contributed by atoms with E-state index in [9.17, 15) is 8.42 Å². The van der Waals surface area contributed by atoms with Crippen LogP contribution in [-0.4, -0.2) is 24.6 Å². The number of hydrogen-bond donors (Lipinski definition) is 0. The van der Waals surface area contributed by atoms with Crippen molar-refractivity contribution in [3.8, 4) is 5.75 Å². The third-order valence-corrected chi connectivity index (χ3v) is 4.84. The highest BCUT2D eigenvalue weighted by Crippen LogP contribution is 2.32. The van der Waals surface area contributed by atoms with E-state index in [1.54, 1.807) is 25.5 Å². The van der Waals surface area contributed by atoms with Gasteiger partial charge in [-0.3, -0.25) is 0 Å². The number of aryl methyl sites for hydroxylation is 1. The molecule has 2 rings (SSSR count). The Kier molecular flexibility index (Phi) is 4.58. The average Bonchev–Trinajstić information content (AvgIpc) is 2.89. The summed E-state index contributed by atoms with van der Waals surface area (Å²) in [6, 6.07) is 1.55. The molecule has 1 heterocycles. The van der Waals surface area contributed by atoms with Gasteiger partial charge in [0.2, 0.25) is 0 Å². The molecule has 1 aromatic carbocycles. The van der Waals surface area contributed by atoms with Crippen molar-refractivity contribution < 1.29 is 13.2 Å². The number of aromatic nitrogens is 2. The lowest BCUT2D eigenvalue weighted by molar-refractivity contribution is 0.294. The molecule has 0 aliphatic heterocycles. The van der Waals surface area contributed by atoms with Gasteiger partial charge in [0.25, 0.3) is 9.05 Å². The zero-order valence-electron chi connectivity index (χ0n) is 12.1. The molecule has 0 unspecified atom stereocenters. The van der Waals surface area contributed by atoms with Gasteiger partial charge in [-0.1, -0.05) is 0 Å². The summed E-state index contributed by atoms with van der Waals surface area (Å²) in [7, 11) is 1.71. The minimum absolute atomic E-state index is 0.140. The number of halogens is 1. The minimum Gasteiger partial charge on any atom is -0.491 e. The highest BCUT2D eigenvalue weighted by Gasteiger charge is 2.19. The Labute approximate surface area is 128 Å². The van der Waals surface area contributed by atoms with Crippen molar-refractivity contribution in [3.05, 3.63) is 41.5 Å². The van der Waals surface area contributed by atoms with E-state index >= 15 is 0 Å². The molecular formula is C14H17ClN2O3S. The van der Waals surface area contributed by atoms with Crippen LogP contribution in [0.4, 0.5) is 0 Å². The molecule has 5 nitrogen and oxygen atoms in total. The molecule has 21 heavy (non-hydrogen) atoms. The van der Waals surface area contributed by atoms with E-state index in [-0.39, 0.29) is 4.90 Å². The van der Waals surface area contributed by atoms with Gasteiger partial charge in [-0.15, -0.1) is 0 Å². The SMILES string of the molecule is Cc1cc(S(=O)(=O)Cl)c(C)c(C)c1OCCn1ccnc1. The van der Waals surface area contributed by atoms with Crippen LogP contribution < -0.4 is 4.74 Å². The Morgan fingerprint density at radius 1 is 1.29 bits per heavy atom. The van der Waals surface area contributed by atoms with Crippen LogP contribution in [0.5, 0.6) is 5.75 Å². The Hall–Kier alpha value is -1.53. The smallest absolute Gasteiger partial charge is 0.261 e. The van der Waals surface area contributed by atoms with Gasteiger partial charge in [0.1, 0.15) is 12.4 Å². The zero-order chi connectivity index (χ0) is 15.6. The van der Waals surface area contributed by atoms with Crippen molar-refractivity contribution in [1.29, 1.82) is 0 Å². The first-order valence-corrected chi connectivity index (χ1v) is 8.75. The van der Waals surface area contributed by atoms with Gasteiger partial charge in [-0.25, -0.2) is 13.4 Å². The van der Waals surface area contributed by atoms with Gasteiger partial charge in [-0.05, 0) is 43.5 Å². The van der Waals surface area contributed by atoms with Crippen molar-refractivity contribution in [2.75, 3.05) is 6.61 Å². The minimum atomic E-state index is -3.75. The van der Waals surface area contributed by atoms with Crippen molar-refractivity contribution >= 4 is 19.7 Å². The summed E-state index contributed by atoms with van der Waals surface area (Å²) in [4.78, 5) is 4.10. The third-order valence-electron chi connectivity index (χ3n) is 3.40. The fraction of sp³-hybridized carbons (Fsp3) is 0.357. The fourth-order valence-electron chi connectivity index (χ4n) is 2.17. The lowest BCUT2D eigenvalue weighted by atomic mass is 10.1. The molecule has 0 spiro atoms. The number of benzene rings is 1. The molecule has 0 saturated carbocycles. The molecule has 0 bridgehead atoms. The Bertz CT molecular complexity index is 740. The van der Waals surface area contributed by atoms with Crippen molar-refractivity contribution in [1.82, 2.24) is 9.55 Å². The number of nitrogens with zero attached hydrogens (tertiary/aromatic N) is 2. The van der Waals surface area contributed by atoms with Crippen LogP contribution in [0.15, 0.2) is 29.7 Å². The number of rotatable bonds is 5. The second-order valence-corrected chi connectivity index (χ2v) is 7.39. The Balaban J connectivity index is 2.22. The lowest BCUT2D eigenvalue weighted by Crippen LogP contribution is -2.09. The highest BCUT2D eigenvalue weighted by molar-refractivity contribution is 8.13. The molecule has 114 valence electrons. The van der Waals surface area contributed by atoms with Crippen LogP contribution in [0.3, 0.4) is 0 Å². The van der Waals surface area contributed by atoms with E-state index in [4.69, 9.17) is 15.4 Å². The summed E-state index contributed by atoms with van der Waals surface area (Å²) in [5.41, 5.74) is 2.16. The molecular weight excluding hydrogens is 312 g/mol. The summed E-state index contributed by atoms with van der Waals surface area (Å²) in [5.74, 6) is 0.705. The predicted octanol–water partition coefficient (Wildman–Crippen LogP) is 2.81. The highest BCUT2D eigenvalue weighted by atomic mass is 35.7. The molecule has 7 heteroatoms. The van der Waals surface area contributed by atoms with Crippen molar-refractivity contribution in [2.24, 2.45) is 0 Å². The summed E-state index contributed by atoms with van der Waals surface area (Å²) in [6.07, 6.45) is 5.29. The van der Waals surface area contributed by atoms with Gasteiger partial charge >= 0.3 is 0 Å². The average molecular weight is 329 g/mol. The molecule has 0 saturated heterocycles. The summed E-state index contributed by atoms with van der Waals surface area (Å²) in [5, 5.41) is 0. The summed E-state index contributed by atoms with van der Waals surface area (Å²) >= 11 is 0. The molecule has 0 amide bonds. The molecule has 0 radical (unpaired) electrons. The van der Waals surface area contributed by atoms with Gasteiger partial charge in [0.15, 0.2) is 0 Å². The van der Waals surface area contributed by atoms with Crippen molar-refractivity contribution in [2.45, 2.75) is 32.2 Å².